The number of aliphatic hydroxyl groups is 2. The predicted molar refractivity (Wildman–Crippen MR) is 70.1 cm³/mol. The maximum absolute atomic E-state index is 12.1. The lowest BCUT2D eigenvalue weighted by atomic mass is 10.1. The van der Waals surface area contributed by atoms with Crippen molar-refractivity contribution in [2.45, 2.75) is 25.0 Å². The van der Waals surface area contributed by atoms with Crippen molar-refractivity contribution < 1.29 is 19.7 Å². The summed E-state index contributed by atoms with van der Waals surface area (Å²) in [5.74, 6) is 0.303. The van der Waals surface area contributed by atoms with Gasteiger partial charge >= 0.3 is 0 Å². The third-order valence-electron chi connectivity index (χ3n) is 3.56. The first-order valence-electron chi connectivity index (χ1n) is 6.38. The summed E-state index contributed by atoms with van der Waals surface area (Å²) in [6.45, 7) is -0.0489. The van der Waals surface area contributed by atoms with Crippen molar-refractivity contribution in [3.05, 3.63) is 29.8 Å². The molecule has 1 aromatic rings. The molecular formula is C14H19NO4. The van der Waals surface area contributed by atoms with Gasteiger partial charge in [0, 0.05) is 24.1 Å². The molecule has 0 spiro atoms. The first-order chi connectivity index (χ1) is 9.13. The van der Waals surface area contributed by atoms with Crippen LogP contribution >= 0.6 is 0 Å². The van der Waals surface area contributed by atoms with Crippen molar-refractivity contribution in [3.8, 4) is 5.75 Å². The molecule has 1 aliphatic carbocycles. The minimum absolute atomic E-state index is 0.0489. The zero-order chi connectivity index (χ0) is 13.8. The van der Waals surface area contributed by atoms with Crippen molar-refractivity contribution in [3.63, 3.8) is 0 Å². The third-order valence-corrected chi connectivity index (χ3v) is 3.56. The van der Waals surface area contributed by atoms with Gasteiger partial charge in [-0.15, -0.1) is 0 Å². The van der Waals surface area contributed by atoms with E-state index in [9.17, 15) is 9.90 Å². The van der Waals surface area contributed by atoms with Crippen LogP contribution in [0.4, 0.5) is 0 Å². The average molecular weight is 265 g/mol. The van der Waals surface area contributed by atoms with Gasteiger partial charge in [-0.2, -0.15) is 0 Å². The van der Waals surface area contributed by atoms with E-state index in [1.165, 1.54) is 0 Å². The fourth-order valence-electron chi connectivity index (χ4n) is 2.45. The van der Waals surface area contributed by atoms with Crippen LogP contribution in [0.15, 0.2) is 24.3 Å². The van der Waals surface area contributed by atoms with E-state index >= 15 is 0 Å². The zero-order valence-electron chi connectivity index (χ0n) is 10.9. The molecule has 5 heteroatoms. The summed E-state index contributed by atoms with van der Waals surface area (Å²) in [6, 6.07) is 6.83. The molecular weight excluding hydrogens is 246 g/mol. The monoisotopic (exact) mass is 265 g/mol. The molecule has 1 aromatic carbocycles. The Hall–Kier alpha value is -1.59. The van der Waals surface area contributed by atoms with Gasteiger partial charge in [-0.25, -0.2) is 0 Å². The summed E-state index contributed by atoms with van der Waals surface area (Å²) in [6.07, 6.45) is 0.550. The van der Waals surface area contributed by atoms with Crippen molar-refractivity contribution >= 4 is 5.91 Å². The molecule has 0 aromatic heterocycles. The van der Waals surface area contributed by atoms with E-state index in [2.05, 4.69) is 5.32 Å². The minimum atomic E-state index is -0.541. The molecule has 0 bridgehead atoms. The van der Waals surface area contributed by atoms with Crippen LogP contribution in [0, 0.1) is 5.92 Å². The van der Waals surface area contributed by atoms with Crippen molar-refractivity contribution in [1.29, 1.82) is 0 Å². The summed E-state index contributed by atoms with van der Waals surface area (Å²) < 4.78 is 5.07. The minimum Gasteiger partial charge on any atom is -0.497 e. The molecule has 0 radical (unpaired) electrons. The molecule has 5 nitrogen and oxygen atoms in total. The smallest absolute Gasteiger partial charge is 0.251 e. The Labute approximate surface area is 112 Å². The summed E-state index contributed by atoms with van der Waals surface area (Å²) in [5.41, 5.74) is 0.529. The van der Waals surface area contributed by atoms with Gasteiger partial charge in [0.1, 0.15) is 5.75 Å². The van der Waals surface area contributed by atoms with Crippen LogP contribution in [-0.4, -0.2) is 42.0 Å². The average Bonchev–Trinajstić information content (AvgIpc) is 2.78. The SMILES string of the molecule is COc1cccc(C(=O)N[C@H]2C[C@H](CO)[C@@H](O)C2)c1. The number of ether oxygens (including phenoxy) is 1. The van der Waals surface area contributed by atoms with Crippen LogP contribution in [0.2, 0.25) is 0 Å². The number of rotatable bonds is 4. The Morgan fingerprint density at radius 1 is 1.47 bits per heavy atom. The number of carbonyl (C=O) groups excluding carboxylic acids is 1. The summed E-state index contributed by atoms with van der Waals surface area (Å²) in [4.78, 5) is 12.1. The van der Waals surface area contributed by atoms with E-state index in [0.29, 0.717) is 24.2 Å². The van der Waals surface area contributed by atoms with E-state index in [1.807, 2.05) is 0 Å². The van der Waals surface area contributed by atoms with Gasteiger partial charge in [-0.3, -0.25) is 4.79 Å². The van der Waals surface area contributed by atoms with Crippen LogP contribution in [-0.2, 0) is 0 Å². The van der Waals surface area contributed by atoms with Crippen LogP contribution in [0.1, 0.15) is 23.2 Å². The first-order valence-corrected chi connectivity index (χ1v) is 6.38. The maximum atomic E-state index is 12.1. The lowest BCUT2D eigenvalue weighted by Crippen LogP contribution is -2.33. The number of amides is 1. The number of benzene rings is 1. The number of hydrogen-bond acceptors (Lipinski definition) is 4. The Morgan fingerprint density at radius 3 is 2.89 bits per heavy atom. The number of hydrogen-bond donors (Lipinski definition) is 3. The molecule has 104 valence electrons. The highest BCUT2D eigenvalue weighted by atomic mass is 16.5. The van der Waals surface area contributed by atoms with Crippen LogP contribution in [0.25, 0.3) is 0 Å². The first kappa shape index (κ1) is 13.8. The second kappa shape index (κ2) is 6.04. The molecule has 0 saturated heterocycles. The second-order valence-corrected chi connectivity index (χ2v) is 4.88. The topological polar surface area (TPSA) is 78.8 Å². The molecule has 0 aliphatic heterocycles. The molecule has 2 rings (SSSR count). The van der Waals surface area contributed by atoms with E-state index in [-0.39, 0.29) is 24.5 Å². The van der Waals surface area contributed by atoms with Gasteiger partial charge in [0.2, 0.25) is 0 Å². The lowest BCUT2D eigenvalue weighted by molar-refractivity contribution is 0.0903. The highest BCUT2D eigenvalue weighted by Crippen LogP contribution is 2.26. The van der Waals surface area contributed by atoms with E-state index in [0.717, 1.165) is 0 Å². The summed E-state index contributed by atoms with van der Waals surface area (Å²) >= 11 is 0. The molecule has 3 atom stereocenters. The molecule has 1 aliphatic rings. The Balaban J connectivity index is 1.98. The molecule has 19 heavy (non-hydrogen) atoms. The number of aliphatic hydroxyl groups excluding tert-OH is 2. The van der Waals surface area contributed by atoms with E-state index in [1.54, 1.807) is 31.4 Å². The Morgan fingerprint density at radius 2 is 2.26 bits per heavy atom. The van der Waals surface area contributed by atoms with Gasteiger partial charge in [0.05, 0.1) is 13.2 Å². The number of nitrogens with one attached hydrogen (secondary N) is 1. The maximum Gasteiger partial charge on any atom is 0.251 e. The molecule has 1 fully saturated rings. The van der Waals surface area contributed by atoms with Gasteiger partial charge in [0.15, 0.2) is 0 Å². The zero-order valence-corrected chi connectivity index (χ0v) is 10.9. The van der Waals surface area contributed by atoms with Gasteiger partial charge in [0.25, 0.3) is 5.91 Å². The molecule has 0 heterocycles. The fraction of sp³-hybridized carbons (Fsp3) is 0.500. The number of methoxy groups -OCH3 is 1. The lowest BCUT2D eigenvalue weighted by Gasteiger charge is -2.12. The second-order valence-electron chi connectivity index (χ2n) is 4.88. The van der Waals surface area contributed by atoms with Gasteiger partial charge in [-0.1, -0.05) is 6.07 Å². The van der Waals surface area contributed by atoms with E-state index in [4.69, 9.17) is 9.84 Å². The quantitative estimate of drug-likeness (QED) is 0.743. The molecule has 3 N–H and O–H groups in total. The molecule has 0 unspecified atom stereocenters. The Bertz CT molecular complexity index is 449. The van der Waals surface area contributed by atoms with Gasteiger partial charge < -0.3 is 20.3 Å². The largest absolute Gasteiger partial charge is 0.497 e. The normalized spacial score (nSPS) is 26.2. The summed E-state index contributed by atoms with van der Waals surface area (Å²) in [7, 11) is 1.55. The van der Waals surface area contributed by atoms with E-state index < -0.39 is 6.10 Å². The molecule has 1 amide bonds. The van der Waals surface area contributed by atoms with Crippen LogP contribution in [0.5, 0.6) is 5.75 Å². The van der Waals surface area contributed by atoms with Crippen LogP contribution in [0.3, 0.4) is 0 Å². The number of carbonyl (C=O) groups is 1. The predicted octanol–water partition coefficient (Wildman–Crippen LogP) is 0.557. The standard InChI is InChI=1S/C14H19NO4/c1-19-12-4-2-3-9(6-12)14(18)15-11-5-10(8-16)13(17)7-11/h2-4,6,10-11,13,16-17H,5,7-8H2,1H3,(H,15,18)/t10-,11+,13+/m1/s1. The highest BCUT2D eigenvalue weighted by Gasteiger charge is 2.33. The third kappa shape index (κ3) is 3.24. The molecule has 1 saturated carbocycles. The Kier molecular flexibility index (Phi) is 4.39. The fourth-order valence-corrected chi connectivity index (χ4v) is 2.45. The van der Waals surface area contributed by atoms with Gasteiger partial charge in [-0.05, 0) is 31.0 Å². The van der Waals surface area contributed by atoms with Crippen molar-refractivity contribution in [1.82, 2.24) is 5.32 Å². The van der Waals surface area contributed by atoms with Crippen LogP contribution < -0.4 is 10.1 Å². The highest BCUT2D eigenvalue weighted by molar-refractivity contribution is 5.94. The van der Waals surface area contributed by atoms with Crippen molar-refractivity contribution in [2.75, 3.05) is 13.7 Å². The van der Waals surface area contributed by atoms with Crippen molar-refractivity contribution in [2.24, 2.45) is 5.92 Å². The summed E-state index contributed by atoms with van der Waals surface area (Å²) in [5, 5.41) is 21.7.